The zero-order valence-electron chi connectivity index (χ0n) is 10.8. The minimum Gasteiger partial charge on any atom is -0.497 e. The standard InChI is InChI=1S/C14H22N2O/c1-11-9-14(17-2)4-3-12(11)10-16-13-5-7-15-8-6-13/h3-4,9,13,15-16H,5-8,10H2,1-2H3. The summed E-state index contributed by atoms with van der Waals surface area (Å²) < 4.78 is 5.22. The Bertz CT molecular complexity index is 359. The van der Waals surface area contributed by atoms with Gasteiger partial charge in [-0.3, -0.25) is 0 Å². The van der Waals surface area contributed by atoms with E-state index in [1.54, 1.807) is 7.11 Å². The molecule has 3 heteroatoms. The Morgan fingerprint density at radius 3 is 2.76 bits per heavy atom. The summed E-state index contributed by atoms with van der Waals surface area (Å²) in [6, 6.07) is 6.95. The average Bonchev–Trinajstić information content (AvgIpc) is 2.38. The Morgan fingerprint density at radius 1 is 1.35 bits per heavy atom. The highest BCUT2D eigenvalue weighted by Gasteiger charge is 2.12. The SMILES string of the molecule is COc1ccc(CNC2CCNCC2)c(C)c1. The molecule has 0 aromatic heterocycles. The van der Waals surface area contributed by atoms with Gasteiger partial charge in [0.15, 0.2) is 0 Å². The first kappa shape index (κ1) is 12.4. The first-order valence-corrected chi connectivity index (χ1v) is 6.37. The van der Waals surface area contributed by atoms with Crippen molar-refractivity contribution in [2.24, 2.45) is 0 Å². The second kappa shape index (κ2) is 6.03. The number of piperidine rings is 1. The minimum absolute atomic E-state index is 0.665. The van der Waals surface area contributed by atoms with Crippen molar-refractivity contribution in [3.63, 3.8) is 0 Å². The molecule has 3 nitrogen and oxygen atoms in total. The van der Waals surface area contributed by atoms with Crippen molar-refractivity contribution in [1.29, 1.82) is 0 Å². The number of hydrogen-bond acceptors (Lipinski definition) is 3. The molecule has 1 aliphatic heterocycles. The number of methoxy groups -OCH3 is 1. The van der Waals surface area contributed by atoms with Gasteiger partial charge in [0.25, 0.3) is 0 Å². The fraction of sp³-hybridized carbons (Fsp3) is 0.571. The maximum atomic E-state index is 5.22. The van der Waals surface area contributed by atoms with Gasteiger partial charge in [0.1, 0.15) is 5.75 Å². The molecule has 1 aromatic carbocycles. The van der Waals surface area contributed by atoms with E-state index in [-0.39, 0.29) is 0 Å². The van der Waals surface area contributed by atoms with E-state index in [1.165, 1.54) is 24.0 Å². The number of nitrogens with one attached hydrogen (secondary N) is 2. The van der Waals surface area contributed by atoms with Gasteiger partial charge in [0.2, 0.25) is 0 Å². The predicted molar refractivity (Wildman–Crippen MR) is 70.5 cm³/mol. The van der Waals surface area contributed by atoms with Crippen LogP contribution in [-0.2, 0) is 6.54 Å². The van der Waals surface area contributed by atoms with Crippen LogP contribution >= 0.6 is 0 Å². The van der Waals surface area contributed by atoms with Crippen LogP contribution in [-0.4, -0.2) is 26.2 Å². The lowest BCUT2D eigenvalue weighted by Crippen LogP contribution is -2.39. The van der Waals surface area contributed by atoms with Crippen LogP contribution in [0.15, 0.2) is 18.2 Å². The van der Waals surface area contributed by atoms with E-state index >= 15 is 0 Å². The highest BCUT2D eigenvalue weighted by Crippen LogP contribution is 2.17. The van der Waals surface area contributed by atoms with E-state index in [0.29, 0.717) is 6.04 Å². The largest absolute Gasteiger partial charge is 0.497 e. The van der Waals surface area contributed by atoms with Gasteiger partial charge in [-0.15, -0.1) is 0 Å². The van der Waals surface area contributed by atoms with Crippen LogP contribution in [0.25, 0.3) is 0 Å². The van der Waals surface area contributed by atoms with Crippen molar-refractivity contribution in [2.75, 3.05) is 20.2 Å². The Balaban J connectivity index is 1.89. The van der Waals surface area contributed by atoms with Gasteiger partial charge in [-0.1, -0.05) is 6.07 Å². The average molecular weight is 234 g/mol. The second-order valence-electron chi connectivity index (χ2n) is 4.70. The van der Waals surface area contributed by atoms with Crippen LogP contribution in [0.4, 0.5) is 0 Å². The van der Waals surface area contributed by atoms with E-state index in [0.717, 1.165) is 25.4 Å². The zero-order valence-corrected chi connectivity index (χ0v) is 10.8. The number of rotatable bonds is 4. The fourth-order valence-electron chi connectivity index (χ4n) is 2.27. The number of aryl methyl sites for hydroxylation is 1. The van der Waals surface area contributed by atoms with Crippen LogP contribution in [0, 0.1) is 6.92 Å². The summed E-state index contributed by atoms with van der Waals surface area (Å²) in [4.78, 5) is 0. The third-order valence-corrected chi connectivity index (χ3v) is 3.47. The van der Waals surface area contributed by atoms with Gasteiger partial charge >= 0.3 is 0 Å². The fourth-order valence-corrected chi connectivity index (χ4v) is 2.27. The minimum atomic E-state index is 0.665. The molecule has 0 aliphatic carbocycles. The Hall–Kier alpha value is -1.06. The van der Waals surface area contributed by atoms with Crippen molar-refractivity contribution in [1.82, 2.24) is 10.6 Å². The van der Waals surface area contributed by atoms with Crippen LogP contribution in [0.5, 0.6) is 5.75 Å². The van der Waals surface area contributed by atoms with E-state index in [2.05, 4.69) is 29.7 Å². The Labute approximate surface area is 104 Å². The van der Waals surface area contributed by atoms with Gasteiger partial charge in [-0.05, 0) is 56.1 Å². The zero-order chi connectivity index (χ0) is 12.1. The summed E-state index contributed by atoms with van der Waals surface area (Å²) in [5.41, 5.74) is 2.66. The molecule has 1 aromatic rings. The van der Waals surface area contributed by atoms with Crippen LogP contribution in [0.2, 0.25) is 0 Å². The summed E-state index contributed by atoms with van der Waals surface area (Å²) in [6.45, 7) is 5.38. The molecule has 0 atom stereocenters. The molecule has 2 rings (SSSR count). The molecule has 0 unspecified atom stereocenters. The van der Waals surface area contributed by atoms with E-state index in [1.807, 2.05) is 6.07 Å². The lowest BCUT2D eigenvalue weighted by Gasteiger charge is -2.24. The number of ether oxygens (including phenoxy) is 1. The van der Waals surface area contributed by atoms with E-state index in [4.69, 9.17) is 4.74 Å². The van der Waals surface area contributed by atoms with Crippen LogP contribution in [0.3, 0.4) is 0 Å². The number of hydrogen-bond donors (Lipinski definition) is 2. The molecule has 1 fully saturated rings. The van der Waals surface area contributed by atoms with Crippen molar-refractivity contribution < 1.29 is 4.74 Å². The summed E-state index contributed by atoms with van der Waals surface area (Å²) in [5.74, 6) is 0.938. The molecule has 1 heterocycles. The molecule has 1 saturated heterocycles. The molecule has 0 bridgehead atoms. The predicted octanol–water partition coefficient (Wildman–Crippen LogP) is 1.85. The van der Waals surface area contributed by atoms with E-state index < -0.39 is 0 Å². The highest BCUT2D eigenvalue weighted by molar-refractivity contribution is 5.34. The van der Waals surface area contributed by atoms with Crippen LogP contribution < -0.4 is 15.4 Å². The summed E-state index contributed by atoms with van der Waals surface area (Å²) in [7, 11) is 1.71. The molecule has 0 radical (unpaired) electrons. The van der Waals surface area contributed by atoms with Crippen molar-refractivity contribution in [2.45, 2.75) is 32.4 Å². The maximum Gasteiger partial charge on any atom is 0.119 e. The maximum absolute atomic E-state index is 5.22. The second-order valence-corrected chi connectivity index (χ2v) is 4.70. The van der Waals surface area contributed by atoms with Gasteiger partial charge in [0, 0.05) is 12.6 Å². The van der Waals surface area contributed by atoms with Gasteiger partial charge in [-0.2, -0.15) is 0 Å². The van der Waals surface area contributed by atoms with E-state index in [9.17, 15) is 0 Å². The topological polar surface area (TPSA) is 33.3 Å². The van der Waals surface area contributed by atoms with Gasteiger partial charge < -0.3 is 15.4 Å². The van der Waals surface area contributed by atoms with Crippen LogP contribution in [0.1, 0.15) is 24.0 Å². The van der Waals surface area contributed by atoms with Crippen molar-refractivity contribution in [3.05, 3.63) is 29.3 Å². The summed E-state index contributed by atoms with van der Waals surface area (Å²) in [6.07, 6.45) is 2.46. The number of benzene rings is 1. The third kappa shape index (κ3) is 3.45. The Kier molecular flexibility index (Phi) is 4.40. The molecular formula is C14H22N2O. The molecular weight excluding hydrogens is 212 g/mol. The lowest BCUT2D eigenvalue weighted by molar-refractivity contribution is 0.385. The normalized spacial score (nSPS) is 17.1. The lowest BCUT2D eigenvalue weighted by atomic mass is 10.0. The Morgan fingerprint density at radius 2 is 2.12 bits per heavy atom. The third-order valence-electron chi connectivity index (χ3n) is 3.47. The molecule has 2 N–H and O–H groups in total. The first-order chi connectivity index (χ1) is 8.29. The molecule has 94 valence electrons. The monoisotopic (exact) mass is 234 g/mol. The molecule has 1 aliphatic rings. The first-order valence-electron chi connectivity index (χ1n) is 6.37. The molecule has 0 amide bonds. The summed E-state index contributed by atoms with van der Waals surface area (Å²) >= 11 is 0. The van der Waals surface area contributed by atoms with Gasteiger partial charge in [0.05, 0.1) is 7.11 Å². The van der Waals surface area contributed by atoms with Crippen molar-refractivity contribution >= 4 is 0 Å². The quantitative estimate of drug-likeness (QED) is 0.834. The molecule has 17 heavy (non-hydrogen) atoms. The van der Waals surface area contributed by atoms with Gasteiger partial charge in [-0.25, -0.2) is 0 Å². The smallest absolute Gasteiger partial charge is 0.119 e. The highest BCUT2D eigenvalue weighted by atomic mass is 16.5. The summed E-state index contributed by atoms with van der Waals surface area (Å²) in [5, 5.41) is 7.02. The van der Waals surface area contributed by atoms with Crippen molar-refractivity contribution in [3.8, 4) is 5.75 Å². The molecule has 0 saturated carbocycles. The molecule has 0 spiro atoms.